The van der Waals surface area contributed by atoms with Crippen LogP contribution >= 0.6 is 0 Å². The molecular weight excluding hydrogens is 322 g/mol. The molecule has 1 fully saturated rings. The van der Waals surface area contributed by atoms with Crippen LogP contribution in [0.1, 0.15) is 40.7 Å². The number of amides is 1. The van der Waals surface area contributed by atoms with Crippen LogP contribution in [0.15, 0.2) is 18.2 Å². The minimum absolute atomic E-state index is 0.150. The van der Waals surface area contributed by atoms with Gasteiger partial charge in [0.15, 0.2) is 6.61 Å². The van der Waals surface area contributed by atoms with E-state index in [1.807, 2.05) is 12.1 Å². The molecule has 0 bridgehead atoms. The third-order valence-electron chi connectivity index (χ3n) is 5.04. The number of ether oxygens (including phenoxy) is 2. The van der Waals surface area contributed by atoms with Gasteiger partial charge in [0.1, 0.15) is 0 Å². The molecule has 1 aromatic rings. The monoisotopic (exact) mass is 345 g/mol. The lowest BCUT2D eigenvalue weighted by molar-refractivity contribution is -0.149. The summed E-state index contributed by atoms with van der Waals surface area (Å²) in [5.41, 5.74) is 2.99. The lowest BCUT2D eigenvalue weighted by Gasteiger charge is -2.30. The van der Waals surface area contributed by atoms with E-state index in [0.29, 0.717) is 31.5 Å². The zero-order chi connectivity index (χ0) is 17.8. The molecule has 0 saturated carbocycles. The zero-order valence-corrected chi connectivity index (χ0v) is 14.5. The van der Waals surface area contributed by atoms with Crippen molar-refractivity contribution in [1.29, 1.82) is 0 Å². The fourth-order valence-corrected chi connectivity index (χ4v) is 3.53. The fourth-order valence-electron chi connectivity index (χ4n) is 3.53. The van der Waals surface area contributed by atoms with Crippen molar-refractivity contribution in [2.75, 3.05) is 26.8 Å². The van der Waals surface area contributed by atoms with Crippen LogP contribution in [-0.4, -0.2) is 49.6 Å². The highest BCUT2D eigenvalue weighted by Gasteiger charge is 2.28. The number of carbonyl (C=O) groups excluding carboxylic acids is 3. The van der Waals surface area contributed by atoms with E-state index in [9.17, 15) is 14.4 Å². The van der Waals surface area contributed by atoms with Crippen molar-refractivity contribution < 1.29 is 23.9 Å². The SMILES string of the molecule is COC(=O)C1CCN(C(=O)COC(=O)c2ccc3c(c2)CCC3)CC1. The largest absolute Gasteiger partial charge is 0.469 e. The first kappa shape index (κ1) is 17.5. The second-order valence-corrected chi connectivity index (χ2v) is 6.59. The van der Waals surface area contributed by atoms with Crippen LogP contribution in [0.2, 0.25) is 0 Å². The second kappa shape index (κ2) is 7.68. The summed E-state index contributed by atoms with van der Waals surface area (Å²) in [6.45, 7) is 0.697. The Kier molecular flexibility index (Phi) is 5.36. The van der Waals surface area contributed by atoms with Gasteiger partial charge in [-0.2, -0.15) is 0 Å². The number of aryl methyl sites for hydroxylation is 2. The lowest BCUT2D eigenvalue weighted by Crippen LogP contribution is -2.42. The minimum atomic E-state index is -0.465. The molecule has 0 N–H and O–H groups in total. The van der Waals surface area contributed by atoms with Gasteiger partial charge in [0, 0.05) is 13.1 Å². The van der Waals surface area contributed by atoms with E-state index < -0.39 is 5.97 Å². The molecule has 1 aromatic carbocycles. The van der Waals surface area contributed by atoms with Crippen molar-refractivity contribution in [1.82, 2.24) is 4.90 Å². The molecule has 1 saturated heterocycles. The van der Waals surface area contributed by atoms with Crippen molar-refractivity contribution >= 4 is 17.8 Å². The third-order valence-corrected chi connectivity index (χ3v) is 5.04. The molecule has 1 aliphatic carbocycles. The van der Waals surface area contributed by atoms with Crippen LogP contribution in [-0.2, 0) is 31.9 Å². The van der Waals surface area contributed by atoms with Crippen molar-refractivity contribution in [3.05, 3.63) is 34.9 Å². The van der Waals surface area contributed by atoms with Crippen molar-refractivity contribution in [3.8, 4) is 0 Å². The maximum atomic E-state index is 12.2. The Morgan fingerprint density at radius 3 is 2.56 bits per heavy atom. The van der Waals surface area contributed by atoms with E-state index in [0.717, 1.165) is 19.3 Å². The molecule has 1 aliphatic heterocycles. The summed E-state index contributed by atoms with van der Waals surface area (Å²) in [4.78, 5) is 37.5. The molecule has 3 rings (SSSR count). The van der Waals surface area contributed by atoms with Crippen LogP contribution in [0.25, 0.3) is 0 Å². The first-order valence-corrected chi connectivity index (χ1v) is 8.73. The zero-order valence-electron chi connectivity index (χ0n) is 14.5. The number of piperidine rings is 1. The summed E-state index contributed by atoms with van der Waals surface area (Å²) in [7, 11) is 1.37. The summed E-state index contributed by atoms with van der Waals surface area (Å²) in [5.74, 6) is -1.07. The first-order valence-electron chi connectivity index (χ1n) is 8.73. The van der Waals surface area contributed by atoms with Crippen LogP contribution in [0, 0.1) is 5.92 Å². The van der Waals surface area contributed by atoms with Crippen LogP contribution in [0.5, 0.6) is 0 Å². The Hall–Kier alpha value is -2.37. The Morgan fingerprint density at radius 2 is 1.84 bits per heavy atom. The number of fused-ring (bicyclic) bond motifs is 1. The number of hydrogen-bond acceptors (Lipinski definition) is 5. The molecule has 134 valence electrons. The minimum Gasteiger partial charge on any atom is -0.469 e. The van der Waals surface area contributed by atoms with Crippen LogP contribution in [0.4, 0.5) is 0 Å². The van der Waals surface area contributed by atoms with Gasteiger partial charge >= 0.3 is 11.9 Å². The molecule has 0 atom stereocenters. The molecular formula is C19H23NO5. The number of carbonyl (C=O) groups is 3. The fraction of sp³-hybridized carbons (Fsp3) is 0.526. The van der Waals surface area contributed by atoms with E-state index in [2.05, 4.69) is 0 Å². The summed E-state index contributed by atoms with van der Waals surface area (Å²) in [5, 5.41) is 0. The maximum absolute atomic E-state index is 12.2. The van der Waals surface area contributed by atoms with Gasteiger partial charge in [0.2, 0.25) is 0 Å². The molecule has 0 aromatic heterocycles. The molecule has 0 radical (unpaired) electrons. The van der Waals surface area contributed by atoms with Gasteiger partial charge in [-0.25, -0.2) is 4.79 Å². The second-order valence-electron chi connectivity index (χ2n) is 6.59. The predicted molar refractivity (Wildman–Crippen MR) is 90.1 cm³/mol. The number of rotatable bonds is 4. The summed E-state index contributed by atoms with van der Waals surface area (Å²) in [6, 6.07) is 5.61. The predicted octanol–water partition coefficient (Wildman–Crippen LogP) is 1.74. The molecule has 1 heterocycles. The Morgan fingerprint density at radius 1 is 1.12 bits per heavy atom. The van der Waals surface area contributed by atoms with Crippen molar-refractivity contribution in [2.24, 2.45) is 5.92 Å². The van der Waals surface area contributed by atoms with Gasteiger partial charge in [-0.05, 0) is 55.4 Å². The van der Waals surface area contributed by atoms with Gasteiger partial charge in [0.05, 0.1) is 18.6 Å². The number of esters is 2. The van der Waals surface area contributed by atoms with Gasteiger partial charge in [-0.15, -0.1) is 0 Å². The molecule has 2 aliphatic rings. The van der Waals surface area contributed by atoms with Crippen molar-refractivity contribution in [2.45, 2.75) is 32.1 Å². The molecule has 1 amide bonds. The van der Waals surface area contributed by atoms with E-state index in [1.54, 1.807) is 11.0 Å². The summed E-state index contributed by atoms with van der Waals surface area (Å²) in [6.07, 6.45) is 4.33. The molecule has 6 heteroatoms. The quantitative estimate of drug-likeness (QED) is 0.777. The number of benzene rings is 1. The highest BCUT2D eigenvalue weighted by atomic mass is 16.5. The Labute approximate surface area is 147 Å². The lowest BCUT2D eigenvalue weighted by atomic mass is 9.97. The maximum Gasteiger partial charge on any atom is 0.338 e. The number of hydrogen-bond donors (Lipinski definition) is 0. The Balaban J connectivity index is 1.48. The van der Waals surface area contributed by atoms with Gasteiger partial charge < -0.3 is 14.4 Å². The van der Waals surface area contributed by atoms with E-state index in [1.165, 1.54) is 18.2 Å². The number of methoxy groups -OCH3 is 1. The normalized spacial score (nSPS) is 17.1. The standard InChI is InChI=1S/C19H23NO5/c1-24-18(22)14-7-9-20(10-8-14)17(21)12-25-19(23)16-6-5-13-3-2-4-15(13)11-16/h5-6,11,14H,2-4,7-10,12H2,1H3. The van der Waals surface area contributed by atoms with E-state index in [-0.39, 0.29) is 24.4 Å². The third kappa shape index (κ3) is 4.00. The van der Waals surface area contributed by atoms with Crippen molar-refractivity contribution in [3.63, 3.8) is 0 Å². The molecule has 25 heavy (non-hydrogen) atoms. The van der Waals surface area contributed by atoms with E-state index >= 15 is 0 Å². The first-order chi connectivity index (χ1) is 12.1. The van der Waals surface area contributed by atoms with Crippen LogP contribution < -0.4 is 0 Å². The Bertz CT molecular complexity index is 676. The highest BCUT2D eigenvalue weighted by molar-refractivity contribution is 5.91. The number of likely N-dealkylation sites (tertiary alicyclic amines) is 1. The average Bonchev–Trinajstić information content (AvgIpc) is 3.13. The van der Waals surface area contributed by atoms with Crippen LogP contribution in [0.3, 0.4) is 0 Å². The van der Waals surface area contributed by atoms with Gasteiger partial charge in [0.25, 0.3) is 5.91 Å². The molecule has 0 spiro atoms. The molecule has 0 unspecified atom stereocenters. The topological polar surface area (TPSA) is 72.9 Å². The van der Waals surface area contributed by atoms with Gasteiger partial charge in [-0.3, -0.25) is 9.59 Å². The van der Waals surface area contributed by atoms with Gasteiger partial charge in [-0.1, -0.05) is 6.07 Å². The summed E-state index contributed by atoms with van der Waals surface area (Å²) < 4.78 is 9.91. The number of nitrogens with zero attached hydrogens (tertiary/aromatic N) is 1. The van der Waals surface area contributed by atoms with E-state index in [4.69, 9.17) is 9.47 Å². The molecule has 6 nitrogen and oxygen atoms in total. The highest BCUT2D eigenvalue weighted by Crippen LogP contribution is 2.23. The summed E-state index contributed by atoms with van der Waals surface area (Å²) >= 11 is 0. The average molecular weight is 345 g/mol. The smallest absolute Gasteiger partial charge is 0.338 e.